The molecule has 2 saturated carbocycles. The first-order chi connectivity index (χ1) is 12.5. The van der Waals surface area contributed by atoms with Crippen molar-refractivity contribution in [2.45, 2.75) is 52.5 Å². The first-order valence-electron chi connectivity index (χ1n) is 9.44. The summed E-state index contributed by atoms with van der Waals surface area (Å²) in [7, 11) is 0. The molecule has 26 heavy (non-hydrogen) atoms. The van der Waals surface area contributed by atoms with Crippen LogP contribution < -0.4 is 0 Å². The summed E-state index contributed by atoms with van der Waals surface area (Å²) >= 11 is 0. The van der Waals surface area contributed by atoms with Gasteiger partial charge in [-0.1, -0.05) is 31.2 Å². The summed E-state index contributed by atoms with van der Waals surface area (Å²) in [5.41, 5.74) is 3.31. The molecule has 6 heteroatoms. The minimum absolute atomic E-state index is 0.291. The van der Waals surface area contributed by atoms with Crippen LogP contribution in [0, 0.1) is 18.3 Å². The van der Waals surface area contributed by atoms with Crippen LogP contribution in [0.1, 0.15) is 50.4 Å². The third-order valence-electron chi connectivity index (χ3n) is 5.60. The molecule has 0 amide bonds. The Balaban J connectivity index is 1.57. The Morgan fingerprint density at radius 3 is 2.73 bits per heavy atom. The monoisotopic (exact) mass is 348 g/mol. The molecule has 0 aliphatic heterocycles. The molecule has 0 N–H and O–H groups in total. The Hall–Kier alpha value is -2.50. The Morgan fingerprint density at radius 2 is 2.04 bits per heavy atom. The standard InChI is InChI=1S/C20H24N6/c1-13-5-4-6-15(9-13)26-19(21-18(23-26)16-10-20(16,2)3)17-12-25(24-22-17)11-14-7-8-14/h4-6,9,12,14,16H,7-8,10-11H2,1-3H3. The fourth-order valence-corrected chi connectivity index (χ4v) is 3.54. The molecule has 0 radical (unpaired) electrons. The van der Waals surface area contributed by atoms with E-state index in [1.54, 1.807) is 0 Å². The lowest BCUT2D eigenvalue weighted by molar-refractivity contribution is 0.544. The van der Waals surface area contributed by atoms with Crippen molar-refractivity contribution < 1.29 is 0 Å². The molecule has 6 nitrogen and oxygen atoms in total. The fourth-order valence-electron chi connectivity index (χ4n) is 3.54. The van der Waals surface area contributed by atoms with Crippen molar-refractivity contribution in [2.24, 2.45) is 11.3 Å². The van der Waals surface area contributed by atoms with Gasteiger partial charge in [0.1, 0.15) is 5.69 Å². The van der Waals surface area contributed by atoms with Crippen molar-refractivity contribution in [1.29, 1.82) is 0 Å². The number of hydrogen-bond donors (Lipinski definition) is 0. The lowest BCUT2D eigenvalue weighted by atomic mass is 10.1. The predicted octanol–water partition coefficient (Wildman–Crippen LogP) is 3.76. The van der Waals surface area contributed by atoms with E-state index < -0.39 is 0 Å². The third-order valence-corrected chi connectivity index (χ3v) is 5.60. The van der Waals surface area contributed by atoms with E-state index in [0.717, 1.165) is 41.9 Å². The molecule has 0 saturated heterocycles. The quantitative estimate of drug-likeness (QED) is 0.704. The summed E-state index contributed by atoms with van der Waals surface area (Å²) in [6, 6.07) is 8.36. The lowest BCUT2D eigenvalue weighted by Gasteiger charge is -2.04. The van der Waals surface area contributed by atoms with Gasteiger partial charge in [-0.2, -0.15) is 5.10 Å². The van der Waals surface area contributed by atoms with Gasteiger partial charge in [0.25, 0.3) is 0 Å². The Bertz CT molecular complexity index is 962. The van der Waals surface area contributed by atoms with Crippen molar-refractivity contribution in [3.8, 4) is 17.2 Å². The van der Waals surface area contributed by atoms with E-state index in [2.05, 4.69) is 55.3 Å². The van der Waals surface area contributed by atoms with Crippen LogP contribution in [0.4, 0.5) is 0 Å². The van der Waals surface area contributed by atoms with Crippen molar-refractivity contribution in [3.63, 3.8) is 0 Å². The van der Waals surface area contributed by atoms with Crippen molar-refractivity contribution >= 4 is 0 Å². The molecule has 5 rings (SSSR count). The van der Waals surface area contributed by atoms with Crippen LogP contribution in [0.25, 0.3) is 17.2 Å². The maximum atomic E-state index is 4.89. The molecule has 1 atom stereocenters. The number of aryl methyl sites for hydroxylation is 1. The van der Waals surface area contributed by atoms with Gasteiger partial charge in [0.05, 0.1) is 11.9 Å². The van der Waals surface area contributed by atoms with Crippen LogP contribution in [0.15, 0.2) is 30.5 Å². The number of rotatable bonds is 5. The summed E-state index contributed by atoms with van der Waals surface area (Å²) in [6.45, 7) is 7.60. The SMILES string of the molecule is Cc1cccc(-n2nc(C3CC3(C)C)nc2-c2cn(CC3CC3)nn2)c1. The van der Waals surface area contributed by atoms with Gasteiger partial charge in [-0.25, -0.2) is 9.67 Å². The molecule has 2 aliphatic carbocycles. The summed E-state index contributed by atoms with van der Waals surface area (Å²) in [4.78, 5) is 4.89. The van der Waals surface area contributed by atoms with Gasteiger partial charge in [-0.05, 0) is 55.2 Å². The second-order valence-corrected chi connectivity index (χ2v) is 8.56. The smallest absolute Gasteiger partial charge is 0.185 e. The first-order valence-corrected chi connectivity index (χ1v) is 9.44. The molecule has 2 heterocycles. The Labute approximate surface area is 153 Å². The number of hydrogen-bond acceptors (Lipinski definition) is 4. The molecule has 3 aromatic rings. The van der Waals surface area contributed by atoms with Gasteiger partial charge in [0, 0.05) is 12.5 Å². The summed E-state index contributed by atoms with van der Waals surface area (Å²) < 4.78 is 3.88. The Kier molecular flexibility index (Phi) is 3.33. The number of nitrogens with zero attached hydrogens (tertiary/aromatic N) is 6. The molecule has 2 aliphatic rings. The minimum atomic E-state index is 0.291. The molecule has 0 bridgehead atoms. The van der Waals surface area contributed by atoms with Crippen LogP contribution in [-0.2, 0) is 6.54 Å². The fraction of sp³-hybridized carbons (Fsp3) is 0.500. The highest BCUT2D eigenvalue weighted by Crippen LogP contribution is 2.57. The highest BCUT2D eigenvalue weighted by atomic mass is 15.4. The van der Waals surface area contributed by atoms with Crippen molar-refractivity contribution in [1.82, 2.24) is 29.8 Å². The number of benzene rings is 1. The van der Waals surface area contributed by atoms with E-state index in [9.17, 15) is 0 Å². The molecule has 1 aromatic carbocycles. The molecular formula is C20H24N6. The van der Waals surface area contributed by atoms with Crippen LogP contribution in [0.5, 0.6) is 0 Å². The molecule has 2 aromatic heterocycles. The molecular weight excluding hydrogens is 324 g/mol. The van der Waals surface area contributed by atoms with Gasteiger partial charge in [0.15, 0.2) is 11.6 Å². The summed E-state index contributed by atoms with van der Waals surface area (Å²) in [6.07, 6.45) is 5.75. The van der Waals surface area contributed by atoms with E-state index in [1.807, 2.05) is 15.6 Å². The molecule has 0 spiro atoms. The first kappa shape index (κ1) is 15.7. The predicted molar refractivity (Wildman–Crippen MR) is 99.0 cm³/mol. The van der Waals surface area contributed by atoms with E-state index in [4.69, 9.17) is 10.1 Å². The van der Waals surface area contributed by atoms with Gasteiger partial charge in [0.2, 0.25) is 0 Å². The molecule has 134 valence electrons. The second-order valence-electron chi connectivity index (χ2n) is 8.56. The van der Waals surface area contributed by atoms with Crippen LogP contribution >= 0.6 is 0 Å². The van der Waals surface area contributed by atoms with Crippen LogP contribution in [-0.4, -0.2) is 29.8 Å². The van der Waals surface area contributed by atoms with Gasteiger partial charge < -0.3 is 0 Å². The van der Waals surface area contributed by atoms with Crippen LogP contribution in [0.3, 0.4) is 0 Å². The number of aromatic nitrogens is 6. The van der Waals surface area contributed by atoms with Gasteiger partial charge in [-0.15, -0.1) is 5.10 Å². The van der Waals surface area contributed by atoms with E-state index in [1.165, 1.54) is 18.4 Å². The normalized spacial score (nSPS) is 21.1. The van der Waals surface area contributed by atoms with E-state index >= 15 is 0 Å². The largest absolute Gasteiger partial charge is 0.252 e. The highest BCUT2D eigenvalue weighted by Gasteiger charge is 2.49. The highest BCUT2D eigenvalue weighted by molar-refractivity contribution is 5.52. The zero-order valence-corrected chi connectivity index (χ0v) is 15.6. The zero-order valence-electron chi connectivity index (χ0n) is 15.6. The second kappa shape index (κ2) is 5.50. The van der Waals surface area contributed by atoms with Crippen LogP contribution in [0.2, 0.25) is 0 Å². The van der Waals surface area contributed by atoms with Gasteiger partial charge in [-0.3, -0.25) is 4.68 Å². The molecule has 1 unspecified atom stereocenters. The average Bonchev–Trinajstić information content (AvgIpc) is 3.39. The lowest BCUT2D eigenvalue weighted by Crippen LogP contribution is -2.01. The average molecular weight is 348 g/mol. The van der Waals surface area contributed by atoms with Crippen molar-refractivity contribution in [3.05, 3.63) is 41.9 Å². The summed E-state index contributed by atoms with van der Waals surface area (Å²) in [5.74, 6) is 2.90. The van der Waals surface area contributed by atoms with E-state index in [0.29, 0.717) is 11.3 Å². The summed E-state index contributed by atoms with van der Waals surface area (Å²) in [5, 5.41) is 13.6. The maximum absolute atomic E-state index is 4.89. The Morgan fingerprint density at radius 1 is 1.23 bits per heavy atom. The van der Waals surface area contributed by atoms with Gasteiger partial charge >= 0.3 is 0 Å². The van der Waals surface area contributed by atoms with Crippen molar-refractivity contribution in [2.75, 3.05) is 0 Å². The van der Waals surface area contributed by atoms with E-state index in [-0.39, 0.29) is 0 Å². The maximum Gasteiger partial charge on any atom is 0.185 e. The minimum Gasteiger partial charge on any atom is -0.252 e. The molecule has 2 fully saturated rings. The third kappa shape index (κ3) is 2.83. The topological polar surface area (TPSA) is 61.4 Å². The zero-order chi connectivity index (χ0) is 17.9.